The third-order valence-corrected chi connectivity index (χ3v) is 4.62. The van der Waals surface area contributed by atoms with Crippen LogP contribution >= 0.6 is 0 Å². The van der Waals surface area contributed by atoms with E-state index in [0.717, 1.165) is 5.56 Å². The van der Waals surface area contributed by atoms with E-state index < -0.39 is 16.0 Å². The summed E-state index contributed by atoms with van der Waals surface area (Å²) >= 11 is 0. The molecule has 0 radical (unpaired) electrons. The second-order valence-electron chi connectivity index (χ2n) is 5.07. The maximum atomic E-state index is 12.5. The van der Waals surface area contributed by atoms with Crippen molar-refractivity contribution in [3.05, 3.63) is 41.1 Å². The number of rotatable bonds is 5. The van der Waals surface area contributed by atoms with Crippen LogP contribution < -0.4 is 4.72 Å². The first-order valence-electron chi connectivity index (χ1n) is 7.06. The normalized spacial score (nSPS) is 11.3. The molecule has 124 valence electrons. The lowest BCUT2D eigenvalue weighted by Crippen LogP contribution is -2.18. The third-order valence-electron chi connectivity index (χ3n) is 3.26. The Morgan fingerprint density at radius 1 is 1.26 bits per heavy atom. The summed E-state index contributed by atoms with van der Waals surface area (Å²) in [4.78, 5) is 12.2. The van der Waals surface area contributed by atoms with Gasteiger partial charge in [-0.2, -0.15) is 5.10 Å². The smallest absolute Gasteiger partial charge is 0.343 e. The number of nitrogens with one attached hydrogen (secondary N) is 1. The van der Waals surface area contributed by atoms with Crippen LogP contribution in [-0.4, -0.2) is 30.8 Å². The van der Waals surface area contributed by atoms with Gasteiger partial charge in [0.15, 0.2) is 5.82 Å². The van der Waals surface area contributed by atoms with Crippen molar-refractivity contribution in [2.45, 2.75) is 25.7 Å². The molecule has 0 aliphatic heterocycles. The largest absolute Gasteiger partial charge is 0.462 e. The standard InChI is InChI=1S/C15H19N3O4S/c1-5-22-15(19)13-11(3)16-18(4)14(13)17-23(20,21)12-8-6-10(2)7-9-12/h6-9,17H,5H2,1-4H3. The maximum Gasteiger partial charge on any atom is 0.343 e. The molecule has 0 atom stereocenters. The van der Waals surface area contributed by atoms with E-state index in [-0.39, 0.29) is 22.9 Å². The monoisotopic (exact) mass is 337 g/mol. The number of hydrogen-bond donors (Lipinski definition) is 1. The first kappa shape index (κ1) is 17.0. The molecule has 0 fully saturated rings. The van der Waals surface area contributed by atoms with E-state index in [1.807, 2.05) is 6.92 Å². The van der Waals surface area contributed by atoms with Crippen molar-refractivity contribution < 1.29 is 17.9 Å². The second kappa shape index (κ2) is 6.41. The highest BCUT2D eigenvalue weighted by atomic mass is 32.2. The fraction of sp³-hybridized carbons (Fsp3) is 0.333. The molecule has 0 unspecified atom stereocenters. The Hall–Kier alpha value is -2.35. The molecular weight excluding hydrogens is 318 g/mol. The summed E-state index contributed by atoms with van der Waals surface area (Å²) in [5, 5.41) is 4.10. The zero-order chi connectivity index (χ0) is 17.2. The summed E-state index contributed by atoms with van der Waals surface area (Å²) in [5.41, 5.74) is 1.46. The topological polar surface area (TPSA) is 90.3 Å². The van der Waals surface area contributed by atoms with Crippen LogP contribution in [0.2, 0.25) is 0 Å². The van der Waals surface area contributed by atoms with Crippen LogP contribution in [0.1, 0.15) is 28.5 Å². The Kier molecular flexibility index (Phi) is 4.74. The second-order valence-corrected chi connectivity index (χ2v) is 6.75. The van der Waals surface area contributed by atoms with Gasteiger partial charge in [0.2, 0.25) is 0 Å². The van der Waals surface area contributed by atoms with Crippen molar-refractivity contribution >= 4 is 21.8 Å². The lowest BCUT2D eigenvalue weighted by atomic mass is 10.2. The van der Waals surface area contributed by atoms with Gasteiger partial charge in [0.1, 0.15) is 5.56 Å². The van der Waals surface area contributed by atoms with E-state index in [0.29, 0.717) is 5.69 Å². The number of aryl methyl sites for hydroxylation is 3. The minimum Gasteiger partial charge on any atom is -0.462 e. The van der Waals surface area contributed by atoms with E-state index in [4.69, 9.17) is 4.74 Å². The predicted octanol–water partition coefficient (Wildman–Crippen LogP) is 2.01. The molecule has 0 aliphatic rings. The quantitative estimate of drug-likeness (QED) is 0.843. The summed E-state index contributed by atoms with van der Waals surface area (Å²) in [6.07, 6.45) is 0. The number of hydrogen-bond acceptors (Lipinski definition) is 5. The highest BCUT2D eigenvalue weighted by molar-refractivity contribution is 7.92. The zero-order valence-electron chi connectivity index (χ0n) is 13.5. The van der Waals surface area contributed by atoms with E-state index in [9.17, 15) is 13.2 Å². The molecule has 1 aromatic heterocycles. The van der Waals surface area contributed by atoms with Crippen molar-refractivity contribution in [3.63, 3.8) is 0 Å². The van der Waals surface area contributed by atoms with Gasteiger partial charge >= 0.3 is 5.97 Å². The summed E-state index contributed by atoms with van der Waals surface area (Å²) in [5.74, 6) is -0.527. The van der Waals surface area contributed by atoms with Gasteiger partial charge in [-0.3, -0.25) is 9.40 Å². The minimum absolute atomic E-state index is 0.0847. The first-order valence-corrected chi connectivity index (χ1v) is 8.54. The molecule has 0 saturated carbocycles. The fourth-order valence-corrected chi connectivity index (χ4v) is 3.23. The van der Waals surface area contributed by atoms with Crippen molar-refractivity contribution in [2.24, 2.45) is 7.05 Å². The Labute approximate surface area is 135 Å². The van der Waals surface area contributed by atoms with Gasteiger partial charge in [0, 0.05) is 7.05 Å². The number of aromatic nitrogens is 2. The molecular formula is C15H19N3O4S. The van der Waals surface area contributed by atoms with Crippen LogP contribution in [0.3, 0.4) is 0 Å². The number of esters is 1. The Bertz CT molecular complexity index is 823. The number of carbonyl (C=O) groups excluding carboxylic acids is 1. The minimum atomic E-state index is -3.83. The van der Waals surface area contributed by atoms with E-state index in [1.54, 1.807) is 33.0 Å². The molecule has 1 aromatic carbocycles. The number of nitrogens with zero attached hydrogens (tertiary/aromatic N) is 2. The Morgan fingerprint density at radius 2 is 1.87 bits per heavy atom. The lowest BCUT2D eigenvalue weighted by Gasteiger charge is -2.10. The van der Waals surface area contributed by atoms with Crippen LogP contribution in [0.25, 0.3) is 0 Å². The zero-order valence-corrected chi connectivity index (χ0v) is 14.3. The van der Waals surface area contributed by atoms with Crippen molar-refractivity contribution in [3.8, 4) is 0 Å². The fourth-order valence-electron chi connectivity index (χ4n) is 2.13. The number of anilines is 1. The maximum absolute atomic E-state index is 12.5. The molecule has 0 saturated heterocycles. The summed E-state index contributed by atoms with van der Waals surface area (Å²) in [6, 6.07) is 6.42. The Morgan fingerprint density at radius 3 is 2.43 bits per heavy atom. The average molecular weight is 337 g/mol. The summed E-state index contributed by atoms with van der Waals surface area (Å²) in [7, 11) is -2.27. The SMILES string of the molecule is CCOC(=O)c1c(C)nn(C)c1NS(=O)(=O)c1ccc(C)cc1. The predicted molar refractivity (Wildman–Crippen MR) is 85.9 cm³/mol. The number of sulfonamides is 1. The van der Waals surface area contributed by atoms with Crippen molar-refractivity contribution in [1.29, 1.82) is 0 Å². The van der Waals surface area contributed by atoms with Gasteiger partial charge in [0.05, 0.1) is 17.2 Å². The van der Waals surface area contributed by atoms with Crippen LogP contribution in [-0.2, 0) is 21.8 Å². The molecule has 23 heavy (non-hydrogen) atoms. The van der Waals surface area contributed by atoms with Crippen LogP contribution in [0, 0.1) is 13.8 Å². The Balaban J connectivity index is 2.43. The van der Waals surface area contributed by atoms with Gasteiger partial charge < -0.3 is 4.74 Å². The molecule has 2 rings (SSSR count). The molecule has 0 spiro atoms. The first-order chi connectivity index (χ1) is 10.8. The summed E-state index contributed by atoms with van der Waals surface area (Å²) in [6.45, 7) is 5.36. The van der Waals surface area contributed by atoms with Crippen LogP contribution in [0.15, 0.2) is 29.2 Å². The molecule has 2 aromatic rings. The highest BCUT2D eigenvalue weighted by Crippen LogP contribution is 2.23. The van der Waals surface area contributed by atoms with Gasteiger partial charge in [-0.1, -0.05) is 17.7 Å². The van der Waals surface area contributed by atoms with Gasteiger partial charge in [-0.25, -0.2) is 13.2 Å². The molecule has 8 heteroatoms. The lowest BCUT2D eigenvalue weighted by molar-refractivity contribution is 0.0527. The molecule has 0 amide bonds. The van der Waals surface area contributed by atoms with E-state index in [2.05, 4.69) is 9.82 Å². The van der Waals surface area contributed by atoms with E-state index >= 15 is 0 Å². The molecule has 1 N–H and O–H groups in total. The van der Waals surface area contributed by atoms with Gasteiger partial charge in [-0.15, -0.1) is 0 Å². The number of carbonyl (C=O) groups is 1. The summed E-state index contributed by atoms with van der Waals surface area (Å²) < 4.78 is 33.7. The van der Waals surface area contributed by atoms with Crippen molar-refractivity contribution in [2.75, 3.05) is 11.3 Å². The van der Waals surface area contributed by atoms with Crippen LogP contribution in [0.5, 0.6) is 0 Å². The van der Waals surface area contributed by atoms with Gasteiger partial charge in [-0.05, 0) is 32.9 Å². The average Bonchev–Trinajstić information content (AvgIpc) is 2.73. The molecule has 1 heterocycles. The highest BCUT2D eigenvalue weighted by Gasteiger charge is 2.25. The number of ether oxygens (including phenoxy) is 1. The van der Waals surface area contributed by atoms with Gasteiger partial charge in [0.25, 0.3) is 10.0 Å². The molecule has 0 aliphatic carbocycles. The molecule has 7 nitrogen and oxygen atoms in total. The number of benzene rings is 1. The van der Waals surface area contributed by atoms with E-state index in [1.165, 1.54) is 16.8 Å². The molecule has 0 bridgehead atoms. The third kappa shape index (κ3) is 3.53. The van der Waals surface area contributed by atoms with Crippen LogP contribution in [0.4, 0.5) is 5.82 Å². The van der Waals surface area contributed by atoms with Crippen molar-refractivity contribution in [1.82, 2.24) is 9.78 Å².